The van der Waals surface area contributed by atoms with E-state index < -0.39 is 11.4 Å². The number of halogens is 1. The fourth-order valence-corrected chi connectivity index (χ4v) is 4.64. The van der Waals surface area contributed by atoms with Gasteiger partial charge in [-0.05, 0) is 45.3 Å². The largest absolute Gasteiger partial charge is 0.492 e. The number of amides is 2. The summed E-state index contributed by atoms with van der Waals surface area (Å²) in [5.74, 6) is 5.29. The molecule has 4 N–H and O–H groups in total. The molecule has 39 heavy (non-hydrogen) atoms. The second-order valence-corrected chi connectivity index (χ2v) is 9.61. The first-order chi connectivity index (χ1) is 18.7. The molecule has 0 fully saturated rings. The molecule has 202 valence electrons. The second-order valence-electron chi connectivity index (χ2n) is 9.61. The molecule has 0 bridgehead atoms. The zero-order valence-electron chi connectivity index (χ0n) is 22.4. The van der Waals surface area contributed by atoms with Crippen molar-refractivity contribution in [3.63, 3.8) is 0 Å². The quantitative estimate of drug-likeness (QED) is 0.263. The maximum Gasteiger partial charge on any atom is 0.255 e. The SMILES string of the molecule is C=CC(=O)N[C@@](C)(C#Cc1cnccc1-c1[nH]c2c(c1Nc1cccc(F)c1OC)C(=O)NCC2)CN(C)C. The van der Waals surface area contributed by atoms with E-state index >= 15 is 0 Å². The summed E-state index contributed by atoms with van der Waals surface area (Å²) in [5.41, 5.74) is 2.99. The number of ether oxygens (including phenoxy) is 1. The standard InChI is InChI=1S/C29H31FN6O3/c1-6-23(37)35-29(2,17-36(3)4)13-10-18-16-31-14-11-19(18)25-26(24-21(33-25)12-15-32-28(24)38)34-22-9-7-8-20(30)27(22)39-5/h6-9,11,14,16,33-34H,1,12,15,17H2,2-5H3,(H,32,38)(H,35,37)/t29-/m0/s1. The van der Waals surface area contributed by atoms with E-state index in [0.717, 1.165) is 5.69 Å². The Labute approximate surface area is 226 Å². The second kappa shape index (κ2) is 11.4. The van der Waals surface area contributed by atoms with E-state index in [0.29, 0.717) is 53.3 Å². The maximum atomic E-state index is 14.5. The lowest BCUT2D eigenvalue weighted by Crippen LogP contribution is -2.51. The highest BCUT2D eigenvalue weighted by molar-refractivity contribution is 6.06. The number of nitrogens with one attached hydrogen (secondary N) is 4. The van der Waals surface area contributed by atoms with Crippen LogP contribution < -0.4 is 20.7 Å². The van der Waals surface area contributed by atoms with Crippen LogP contribution in [0.5, 0.6) is 5.75 Å². The van der Waals surface area contributed by atoms with Crippen molar-refractivity contribution in [3.05, 3.63) is 72.0 Å². The van der Waals surface area contributed by atoms with Crippen LogP contribution in [0.15, 0.2) is 49.3 Å². The van der Waals surface area contributed by atoms with Gasteiger partial charge in [0.25, 0.3) is 5.91 Å². The van der Waals surface area contributed by atoms with E-state index in [4.69, 9.17) is 4.74 Å². The number of nitrogens with zero attached hydrogens (tertiary/aromatic N) is 2. The van der Waals surface area contributed by atoms with Crippen molar-refractivity contribution < 1.29 is 18.7 Å². The minimum Gasteiger partial charge on any atom is -0.492 e. The van der Waals surface area contributed by atoms with Crippen molar-refractivity contribution in [3.8, 4) is 28.8 Å². The molecule has 0 saturated heterocycles. The minimum atomic E-state index is -0.882. The van der Waals surface area contributed by atoms with Crippen LogP contribution in [0.1, 0.15) is 28.5 Å². The van der Waals surface area contributed by atoms with Gasteiger partial charge in [0, 0.05) is 43.2 Å². The summed E-state index contributed by atoms with van der Waals surface area (Å²) in [7, 11) is 5.17. The Morgan fingerprint density at radius 3 is 2.87 bits per heavy atom. The highest BCUT2D eigenvalue weighted by Crippen LogP contribution is 2.40. The Balaban J connectivity index is 1.86. The number of hydrogen-bond acceptors (Lipinski definition) is 6. The Kier molecular flexibility index (Phi) is 8.02. The minimum absolute atomic E-state index is 0.0294. The predicted octanol–water partition coefficient (Wildman–Crippen LogP) is 3.23. The molecule has 3 aromatic rings. The molecule has 1 atom stereocenters. The van der Waals surface area contributed by atoms with Gasteiger partial charge in [-0.15, -0.1) is 0 Å². The molecule has 0 saturated carbocycles. The number of carbonyl (C=O) groups excluding carboxylic acids is 2. The first-order valence-electron chi connectivity index (χ1n) is 12.3. The van der Waals surface area contributed by atoms with Gasteiger partial charge in [-0.25, -0.2) is 4.39 Å². The fraction of sp³-hybridized carbons (Fsp3) is 0.276. The van der Waals surface area contributed by atoms with E-state index in [-0.39, 0.29) is 17.6 Å². The molecule has 1 aromatic carbocycles. The summed E-state index contributed by atoms with van der Waals surface area (Å²) in [6.07, 6.45) is 5.06. The van der Waals surface area contributed by atoms with Crippen LogP contribution in [0.2, 0.25) is 0 Å². The third kappa shape index (κ3) is 5.94. The van der Waals surface area contributed by atoms with E-state index in [9.17, 15) is 14.0 Å². The van der Waals surface area contributed by atoms with Crippen LogP contribution >= 0.6 is 0 Å². The van der Waals surface area contributed by atoms with Crippen LogP contribution in [0, 0.1) is 17.7 Å². The van der Waals surface area contributed by atoms with Gasteiger partial charge >= 0.3 is 0 Å². The van der Waals surface area contributed by atoms with Crippen LogP contribution in [-0.4, -0.2) is 66.5 Å². The van der Waals surface area contributed by atoms with E-state index in [2.05, 4.69) is 44.3 Å². The van der Waals surface area contributed by atoms with Crippen LogP contribution in [0.4, 0.5) is 15.8 Å². The van der Waals surface area contributed by atoms with Gasteiger partial charge in [0.1, 0.15) is 5.54 Å². The zero-order chi connectivity index (χ0) is 28.2. The van der Waals surface area contributed by atoms with Gasteiger partial charge in [-0.3, -0.25) is 14.6 Å². The number of carbonyl (C=O) groups is 2. The molecule has 0 spiro atoms. The first kappa shape index (κ1) is 27.4. The molecular weight excluding hydrogens is 499 g/mol. The number of anilines is 2. The smallest absolute Gasteiger partial charge is 0.255 e. The molecule has 0 unspecified atom stereocenters. The normalized spacial score (nSPS) is 13.8. The summed E-state index contributed by atoms with van der Waals surface area (Å²) in [6, 6.07) is 6.33. The van der Waals surface area contributed by atoms with Gasteiger partial charge in [0.05, 0.1) is 35.3 Å². The number of rotatable bonds is 8. The average molecular weight is 531 g/mol. The van der Waals surface area contributed by atoms with Crippen LogP contribution in [0.25, 0.3) is 11.3 Å². The molecule has 10 heteroatoms. The summed E-state index contributed by atoms with van der Waals surface area (Å²) in [5, 5.41) is 9.00. The van der Waals surface area contributed by atoms with E-state index in [1.165, 1.54) is 19.3 Å². The van der Waals surface area contributed by atoms with Crippen molar-refractivity contribution in [2.75, 3.05) is 39.6 Å². The molecule has 2 aromatic heterocycles. The number of aromatic amines is 1. The zero-order valence-corrected chi connectivity index (χ0v) is 22.4. The number of fused-ring (bicyclic) bond motifs is 1. The number of H-pyrrole nitrogens is 1. The molecule has 3 heterocycles. The summed E-state index contributed by atoms with van der Waals surface area (Å²) in [6.45, 7) is 6.31. The Bertz CT molecular complexity index is 1490. The lowest BCUT2D eigenvalue weighted by atomic mass is 9.99. The molecule has 1 aliphatic heterocycles. The Hall–Kier alpha value is -4.62. The van der Waals surface area contributed by atoms with Crippen LogP contribution in [-0.2, 0) is 11.2 Å². The maximum absolute atomic E-state index is 14.5. The number of benzene rings is 1. The molecule has 4 rings (SSSR count). The molecular formula is C29H31FN6O3. The monoisotopic (exact) mass is 530 g/mol. The van der Waals surface area contributed by atoms with Crippen molar-refractivity contribution in [1.82, 2.24) is 25.5 Å². The third-order valence-corrected chi connectivity index (χ3v) is 6.18. The fourth-order valence-electron chi connectivity index (χ4n) is 4.64. The summed E-state index contributed by atoms with van der Waals surface area (Å²) in [4.78, 5) is 34.7. The van der Waals surface area contributed by atoms with Crippen molar-refractivity contribution in [2.24, 2.45) is 0 Å². The van der Waals surface area contributed by atoms with Gasteiger partial charge in [-0.2, -0.15) is 0 Å². The highest BCUT2D eigenvalue weighted by Gasteiger charge is 2.29. The Morgan fingerprint density at radius 2 is 2.15 bits per heavy atom. The molecule has 0 aliphatic carbocycles. The number of para-hydroxylation sites is 1. The first-order valence-corrected chi connectivity index (χ1v) is 12.3. The van der Waals surface area contributed by atoms with Gasteiger partial charge < -0.3 is 30.6 Å². The van der Waals surface area contributed by atoms with Crippen LogP contribution in [0.3, 0.4) is 0 Å². The highest BCUT2D eigenvalue weighted by atomic mass is 19.1. The average Bonchev–Trinajstić information content (AvgIpc) is 3.26. The van der Waals surface area contributed by atoms with Gasteiger partial charge in [-0.1, -0.05) is 24.5 Å². The third-order valence-electron chi connectivity index (χ3n) is 6.18. The Morgan fingerprint density at radius 1 is 1.36 bits per heavy atom. The van der Waals surface area contributed by atoms with Gasteiger partial charge in [0.2, 0.25) is 5.91 Å². The van der Waals surface area contributed by atoms with Gasteiger partial charge in [0.15, 0.2) is 11.6 Å². The number of methoxy groups -OCH3 is 1. The molecule has 1 aliphatic rings. The molecule has 0 radical (unpaired) electrons. The summed E-state index contributed by atoms with van der Waals surface area (Å²) >= 11 is 0. The lowest BCUT2D eigenvalue weighted by Gasteiger charge is -2.28. The number of likely N-dealkylation sites (N-methyl/N-ethyl adjacent to an activating group) is 1. The van der Waals surface area contributed by atoms with E-state index in [1.807, 2.05) is 25.9 Å². The number of aromatic nitrogens is 2. The van der Waals surface area contributed by atoms with E-state index in [1.54, 1.807) is 30.6 Å². The topological polar surface area (TPSA) is 111 Å². The van der Waals surface area contributed by atoms with Crippen molar-refractivity contribution in [1.29, 1.82) is 0 Å². The predicted molar refractivity (Wildman–Crippen MR) is 148 cm³/mol. The van der Waals surface area contributed by atoms with Crippen molar-refractivity contribution in [2.45, 2.75) is 18.9 Å². The van der Waals surface area contributed by atoms with Crippen molar-refractivity contribution >= 4 is 23.2 Å². The molecule has 2 amide bonds. The lowest BCUT2D eigenvalue weighted by molar-refractivity contribution is -0.117. The molecule has 9 nitrogen and oxygen atoms in total. The number of pyridine rings is 1. The number of hydrogen-bond donors (Lipinski definition) is 4. The summed E-state index contributed by atoms with van der Waals surface area (Å²) < 4.78 is 19.8.